The standard InChI is InChI=1S/C12H14BrN5/c1-8-11(16-7-17-12(8)18-14)15-6-9-3-2-4-10(13)5-9/h2-5,7H,6,14H2,1H3,(H2,15,16,17,18). The summed E-state index contributed by atoms with van der Waals surface area (Å²) >= 11 is 3.45. The topological polar surface area (TPSA) is 75.9 Å². The van der Waals surface area contributed by atoms with Gasteiger partial charge in [-0.1, -0.05) is 28.1 Å². The highest BCUT2D eigenvalue weighted by atomic mass is 79.9. The first-order chi connectivity index (χ1) is 8.70. The summed E-state index contributed by atoms with van der Waals surface area (Å²) in [5.41, 5.74) is 4.61. The summed E-state index contributed by atoms with van der Waals surface area (Å²) in [6.45, 7) is 2.61. The van der Waals surface area contributed by atoms with Crippen LogP contribution in [0.3, 0.4) is 0 Å². The second kappa shape index (κ2) is 5.79. The minimum atomic E-state index is 0.627. The van der Waals surface area contributed by atoms with E-state index in [2.05, 4.69) is 48.8 Å². The zero-order chi connectivity index (χ0) is 13.0. The number of hydrazine groups is 1. The number of nitrogens with zero attached hydrogens (tertiary/aromatic N) is 2. The van der Waals surface area contributed by atoms with Crippen molar-refractivity contribution in [1.82, 2.24) is 9.97 Å². The summed E-state index contributed by atoms with van der Waals surface area (Å²) < 4.78 is 1.06. The zero-order valence-electron chi connectivity index (χ0n) is 9.94. The highest BCUT2D eigenvalue weighted by Crippen LogP contribution is 2.18. The zero-order valence-corrected chi connectivity index (χ0v) is 11.5. The molecule has 0 unspecified atom stereocenters. The lowest BCUT2D eigenvalue weighted by atomic mass is 10.2. The molecule has 0 saturated heterocycles. The number of halogens is 1. The minimum Gasteiger partial charge on any atom is -0.366 e. The molecule has 0 fully saturated rings. The third-order valence-corrected chi connectivity index (χ3v) is 3.06. The molecule has 0 radical (unpaired) electrons. The molecule has 0 saturated carbocycles. The molecule has 0 spiro atoms. The first-order valence-electron chi connectivity index (χ1n) is 5.47. The molecule has 4 N–H and O–H groups in total. The van der Waals surface area contributed by atoms with E-state index in [1.165, 1.54) is 11.9 Å². The minimum absolute atomic E-state index is 0.627. The van der Waals surface area contributed by atoms with E-state index in [0.29, 0.717) is 12.4 Å². The fourth-order valence-corrected chi connectivity index (χ4v) is 2.05. The molecular weight excluding hydrogens is 294 g/mol. The summed E-state index contributed by atoms with van der Waals surface area (Å²) in [6.07, 6.45) is 1.48. The summed E-state index contributed by atoms with van der Waals surface area (Å²) in [7, 11) is 0. The number of hydrogen-bond acceptors (Lipinski definition) is 5. The van der Waals surface area contributed by atoms with Crippen LogP contribution in [0, 0.1) is 6.92 Å². The fourth-order valence-electron chi connectivity index (χ4n) is 1.61. The van der Waals surface area contributed by atoms with Gasteiger partial charge in [-0.2, -0.15) is 0 Å². The van der Waals surface area contributed by atoms with Gasteiger partial charge in [0.15, 0.2) is 0 Å². The summed E-state index contributed by atoms with van der Waals surface area (Å²) in [5.74, 6) is 6.77. The molecule has 0 aliphatic heterocycles. The maximum Gasteiger partial charge on any atom is 0.148 e. The molecular formula is C12H14BrN5. The predicted molar refractivity (Wildman–Crippen MR) is 76.0 cm³/mol. The van der Waals surface area contributed by atoms with Crippen LogP contribution in [0.4, 0.5) is 11.6 Å². The van der Waals surface area contributed by atoms with E-state index in [1.807, 2.05) is 19.1 Å². The molecule has 0 aliphatic rings. The van der Waals surface area contributed by atoms with Crippen LogP contribution in [-0.2, 0) is 6.54 Å². The number of anilines is 2. The predicted octanol–water partition coefficient (Wildman–Crippen LogP) is 2.45. The Morgan fingerprint density at radius 1 is 1.28 bits per heavy atom. The van der Waals surface area contributed by atoms with Crippen LogP contribution in [0.15, 0.2) is 35.1 Å². The van der Waals surface area contributed by atoms with Crippen LogP contribution in [0.25, 0.3) is 0 Å². The quantitative estimate of drug-likeness (QED) is 0.597. The van der Waals surface area contributed by atoms with E-state index in [1.54, 1.807) is 0 Å². The second-order valence-corrected chi connectivity index (χ2v) is 4.74. The number of benzene rings is 1. The van der Waals surface area contributed by atoms with Gasteiger partial charge in [-0.05, 0) is 24.6 Å². The van der Waals surface area contributed by atoms with E-state index in [4.69, 9.17) is 5.84 Å². The fraction of sp³-hybridized carbons (Fsp3) is 0.167. The van der Waals surface area contributed by atoms with Crippen LogP contribution < -0.4 is 16.6 Å². The Kier molecular flexibility index (Phi) is 4.11. The Balaban J connectivity index is 2.11. The maximum absolute atomic E-state index is 5.37. The molecule has 5 nitrogen and oxygen atoms in total. The van der Waals surface area contributed by atoms with Crippen LogP contribution in [0.5, 0.6) is 0 Å². The third-order valence-electron chi connectivity index (χ3n) is 2.57. The monoisotopic (exact) mass is 307 g/mol. The molecule has 0 aliphatic carbocycles. The molecule has 0 atom stereocenters. The van der Waals surface area contributed by atoms with Crippen molar-refractivity contribution >= 4 is 27.6 Å². The van der Waals surface area contributed by atoms with Crippen molar-refractivity contribution in [3.63, 3.8) is 0 Å². The van der Waals surface area contributed by atoms with Gasteiger partial charge >= 0.3 is 0 Å². The number of rotatable bonds is 4. The molecule has 1 heterocycles. The number of nitrogen functional groups attached to an aromatic ring is 1. The number of hydrogen-bond donors (Lipinski definition) is 3. The van der Waals surface area contributed by atoms with E-state index in [-0.39, 0.29) is 0 Å². The van der Waals surface area contributed by atoms with Crippen molar-refractivity contribution in [3.05, 3.63) is 46.2 Å². The van der Waals surface area contributed by atoms with Crippen molar-refractivity contribution < 1.29 is 0 Å². The third kappa shape index (κ3) is 2.96. The number of nitrogens with one attached hydrogen (secondary N) is 2. The van der Waals surface area contributed by atoms with Gasteiger partial charge < -0.3 is 10.7 Å². The van der Waals surface area contributed by atoms with Gasteiger partial charge in [-0.25, -0.2) is 15.8 Å². The summed E-state index contributed by atoms with van der Waals surface area (Å²) in [5, 5.41) is 3.26. The van der Waals surface area contributed by atoms with Crippen molar-refractivity contribution in [2.24, 2.45) is 5.84 Å². The Hall–Kier alpha value is -1.66. The average molecular weight is 308 g/mol. The molecule has 18 heavy (non-hydrogen) atoms. The first-order valence-corrected chi connectivity index (χ1v) is 6.26. The van der Waals surface area contributed by atoms with Gasteiger partial charge in [0.2, 0.25) is 0 Å². The van der Waals surface area contributed by atoms with Gasteiger partial charge in [0.05, 0.1) is 0 Å². The molecule has 0 amide bonds. The van der Waals surface area contributed by atoms with E-state index in [9.17, 15) is 0 Å². The van der Waals surface area contributed by atoms with Crippen molar-refractivity contribution in [1.29, 1.82) is 0 Å². The average Bonchev–Trinajstić information content (AvgIpc) is 2.38. The second-order valence-electron chi connectivity index (χ2n) is 3.82. The SMILES string of the molecule is Cc1c(NN)ncnc1NCc1cccc(Br)c1. The van der Waals surface area contributed by atoms with Crippen molar-refractivity contribution in [2.75, 3.05) is 10.7 Å². The Labute approximate surface area is 114 Å². The van der Waals surface area contributed by atoms with Gasteiger partial charge in [0.1, 0.15) is 18.0 Å². The summed E-state index contributed by atoms with van der Waals surface area (Å²) in [4.78, 5) is 8.23. The normalized spacial score (nSPS) is 10.2. The largest absolute Gasteiger partial charge is 0.366 e. The van der Waals surface area contributed by atoms with Gasteiger partial charge in [0, 0.05) is 16.6 Å². The molecule has 1 aromatic heterocycles. The van der Waals surface area contributed by atoms with E-state index in [0.717, 1.165) is 15.9 Å². The molecule has 2 rings (SSSR count). The lowest BCUT2D eigenvalue weighted by molar-refractivity contribution is 1.05. The van der Waals surface area contributed by atoms with E-state index < -0.39 is 0 Å². The molecule has 1 aromatic carbocycles. The van der Waals surface area contributed by atoms with Gasteiger partial charge in [0.25, 0.3) is 0 Å². The Morgan fingerprint density at radius 3 is 2.78 bits per heavy atom. The Morgan fingerprint density at radius 2 is 2.06 bits per heavy atom. The Bertz CT molecular complexity index is 544. The molecule has 94 valence electrons. The van der Waals surface area contributed by atoms with Crippen molar-refractivity contribution in [2.45, 2.75) is 13.5 Å². The lowest BCUT2D eigenvalue weighted by Crippen LogP contribution is -2.12. The van der Waals surface area contributed by atoms with Crippen LogP contribution in [0.1, 0.15) is 11.1 Å². The molecule has 0 bridgehead atoms. The number of nitrogens with two attached hydrogens (primary N) is 1. The highest BCUT2D eigenvalue weighted by molar-refractivity contribution is 9.10. The highest BCUT2D eigenvalue weighted by Gasteiger charge is 2.05. The van der Waals surface area contributed by atoms with Crippen LogP contribution in [-0.4, -0.2) is 9.97 Å². The van der Waals surface area contributed by atoms with E-state index >= 15 is 0 Å². The van der Waals surface area contributed by atoms with Crippen molar-refractivity contribution in [3.8, 4) is 0 Å². The smallest absolute Gasteiger partial charge is 0.148 e. The molecule has 6 heteroatoms. The maximum atomic E-state index is 5.37. The van der Waals surface area contributed by atoms with Crippen LogP contribution in [0.2, 0.25) is 0 Å². The lowest BCUT2D eigenvalue weighted by Gasteiger charge is -2.11. The van der Waals surface area contributed by atoms with Crippen LogP contribution >= 0.6 is 15.9 Å². The van der Waals surface area contributed by atoms with Gasteiger partial charge in [-0.3, -0.25) is 0 Å². The first kappa shape index (κ1) is 12.8. The number of aromatic nitrogens is 2. The van der Waals surface area contributed by atoms with Gasteiger partial charge in [-0.15, -0.1) is 0 Å². The molecule has 2 aromatic rings. The summed E-state index contributed by atoms with van der Waals surface area (Å²) in [6, 6.07) is 8.11.